The lowest BCUT2D eigenvalue weighted by Crippen LogP contribution is -2.29. The van der Waals surface area contributed by atoms with Crippen molar-refractivity contribution in [2.45, 2.75) is 25.8 Å². The molecule has 0 spiro atoms. The molecule has 0 bridgehead atoms. The van der Waals surface area contributed by atoms with Crippen LogP contribution in [0, 0.1) is 10.1 Å². The number of nitro benzene ring substituents is 1. The van der Waals surface area contributed by atoms with Gasteiger partial charge in [-0.05, 0) is 43.0 Å². The fourth-order valence-corrected chi connectivity index (χ4v) is 3.50. The molecule has 3 rings (SSSR count). The summed E-state index contributed by atoms with van der Waals surface area (Å²) in [6.45, 7) is 2.57. The number of nitrogens with zero attached hydrogens (tertiary/aromatic N) is 3. The van der Waals surface area contributed by atoms with Gasteiger partial charge in [-0.3, -0.25) is 14.9 Å². The van der Waals surface area contributed by atoms with Gasteiger partial charge in [-0.25, -0.2) is 0 Å². The van der Waals surface area contributed by atoms with E-state index < -0.39 is 4.92 Å². The summed E-state index contributed by atoms with van der Waals surface area (Å²) in [5.74, 6) is -0.344. The first kappa shape index (κ1) is 19.2. The van der Waals surface area contributed by atoms with Crippen molar-refractivity contribution in [2.75, 3.05) is 25.0 Å². The molecule has 1 fully saturated rings. The Balaban J connectivity index is 1.69. The first-order chi connectivity index (χ1) is 13.0. The zero-order valence-electron chi connectivity index (χ0n) is 15.2. The van der Waals surface area contributed by atoms with Crippen LogP contribution in [0.2, 0.25) is 5.02 Å². The number of nitro groups is 1. The molecule has 1 aliphatic heterocycles. The Hall–Kier alpha value is -2.60. The number of non-ortho nitro benzene ring substituents is 1. The van der Waals surface area contributed by atoms with Gasteiger partial charge in [0.15, 0.2) is 0 Å². The summed E-state index contributed by atoms with van der Waals surface area (Å²) >= 11 is 6.07. The van der Waals surface area contributed by atoms with Crippen LogP contribution in [0.15, 0.2) is 42.5 Å². The van der Waals surface area contributed by atoms with Gasteiger partial charge in [0.1, 0.15) is 0 Å². The maximum Gasteiger partial charge on any atom is 0.270 e. The largest absolute Gasteiger partial charge is 0.372 e. The Labute approximate surface area is 163 Å². The molecule has 0 aliphatic carbocycles. The fraction of sp³-hybridized carbons (Fsp3) is 0.350. The molecule has 0 N–H and O–H groups in total. The van der Waals surface area contributed by atoms with Gasteiger partial charge in [-0.15, -0.1) is 0 Å². The number of amides is 1. The van der Waals surface area contributed by atoms with E-state index in [9.17, 15) is 14.9 Å². The smallest absolute Gasteiger partial charge is 0.270 e. The van der Waals surface area contributed by atoms with Crippen LogP contribution in [0.1, 0.15) is 35.2 Å². The van der Waals surface area contributed by atoms with Crippen molar-refractivity contribution in [1.82, 2.24) is 4.90 Å². The minimum Gasteiger partial charge on any atom is -0.372 e. The van der Waals surface area contributed by atoms with Gasteiger partial charge in [0, 0.05) is 44.5 Å². The van der Waals surface area contributed by atoms with Gasteiger partial charge in [-0.2, -0.15) is 0 Å². The second-order valence-electron chi connectivity index (χ2n) is 6.80. The molecule has 0 saturated carbocycles. The molecule has 0 atom stereocenters. The molecule has 0 unspecified atom stereocenters. The normalized spacial score (nSPS) is 14.1. The number of carbonyl (C=O) groups is 1. The van der Waals surface area contributed by atoms with Gasteiger partial charge in [0.25, 0.3) is 11.6 Å². The van der Waals surface area contributed by atoms with Crippen molar-refractivity contribution >= 4 is 28.9 Å². The van der Waals surface area contributed by atoms with E-state index in [0.717, 1.165) is 18.7 Å². The van der Waals surface area contributed by atoms with E-state index in [4.69, 9.17) is 11.6 Å². The summed E-state index contributed by atoms with van der Waals surface area (Å²) in [5.41, 5.74) is 2.18. The first-order valence-electron chi connectivity index (χ1n) is 8.99. The van der Waals surface area contributed by atoms with Crippen molar-refractivity contribution in [3.8, 4) is 0 Å². The third kappa shape index (κ3) is 4.57. The molecule has 7 heteroatoms. The molecule has 1 saturated heterocycles. The predicted octanol–water partition coefficient (Wildman–Crippen LogP) is 4.51. The van der Waals surface area contributed by atoms with E-state index in [-0.39, 0.29) is 22.2 Å². The average Bonchev–Trinajstić information content (AvgIpc) is 2.69. The highest BCUT2D eigenvalue weighted by Gasteiger charge is 2.19. The molecule has 6 nitrogen and oxygen atoms in total. The van der Waals surface area contributed by atoms with Crippen LogP contribution in [0.4, 0.5) is 11.4 Å². The molecular formula is C20H22ClN3O3. The van der Waals surface area contributed by atoms with E-state index >= 15 is 0 Å². The number of rotatable bonds is 5. The van der Waals surface area contributed by atoms with Crippen LogP contribution >= 0.6 is 11.6 Å². The Morgan fingerprint density at radius 2 is 1.81 bits per heavy atom. The number of anilines is 1. The minimum absolute atomic E-state index is 0.137. The highest BCUT2D eigenvalue weighted by Crippen LogP contribution is 2.24. The fourth-order valence-electron chi connectivity index (χ4n) is 3.31. The molecule has 0 radical (unpaired) electrons. The first-order valence-corrected chi connectivity index (χ1v) is 9.37. The molecule has 0 aromatic heterocycles. The van der Waals surface area contributed by atoms with Gasteiger partial charge in [0.2, 0.25) is 0 Å². The number of halogens is 1. The highest BCUT2D eigenvalue weighted by atomic mass is 35.5. The second kappa shape index (κ2) is 8.39. The Morgan fingerprint density at radius 1 is 1.15 bits per heavy atom. The van der Waals surface area contributed by atoms with Crippen LogP contribution in [0.5, 0.6) is 0 Å². The SMILES string of the molecule is CN(Cc1ccc(N2CCCCC2)cc1)C(=O)c1cc([N+](=O)[O-])ccc1Cl. The second-order valence-corrected chi connectivity index (χ2v) is 7.20. The van der Waals surface area contributed by atoms with E-state index in [1.165, 1.54) is 48.0 Å². The quantitative estimate of drug-likeness (QED) is 0.559. The standard InChI is InChI=1S/C20H22ClN3O3/c1-22(20(25)18-13-17(24(26)27)9-10-19(18)21)14-15-5-7-16(8-6-15)23-11-3-2-4-12-23/h5-10,13H,2-4,11-12,14H2,1H3. The molecule has 2 aromatic carbocycles. The van der Waals surface area contributed by atoms with Gasteiger partial charge in [0.05, 0.1) is 15.5 Å². The third-order valence-corrected chi connectivity index (χ3v) is 5.14. The van der Waals surface area contributed by atoms with E-state index in [0.29, 0.717) is 6.54 Å². The zero-order chi connectivity index (χ0) is 19.4. The van der Waals surface area contributed by atoms with Crippen molar-refractivity contribution < 1.29 is 9.72 Å². The lowest BCUT2D eigenvalue weighted by Gasteiger charge is -2.29. The minimum atomic E-state index is -0.535. The molecule has 142 valence electrons. The molecular weight excluding hydrogens is 366 g/mol. The maximum atomic E-state index is 12.7. The zero-order valence-corrected chi connectivity index (χ0v) is 16.0. The molecule has 27 heavy (non-hydrogen) atoms. The van der Waals surface area contributed by atoms with Crippen molar-refractivity contribution in [3.05, 3.63) is 68.7 Å². The average molecular weight is 388 g/mol. The number of carbonyl (C=O) groups excluding carboxylic acids is 1. The summed E-state index contributed by atoms with van der Waals surface area (Å²) in [6.07, 6.45) is 3.74. The van der Waals surface area contributed by atoms with Crippen molar-refractivity contribution in [2.24, 2.45) is 0 Å². The van der Waals surface area contributed by atoms with Gasteiger partial charge in [-0.1, -0.05) is 23.7 Å². The Morgan fingerprint density at radius 3 is 2.44 bits per heavy atom. The Bertz CT molecular complexity index is 833. The number of benzene rings is 2. The van der Waals surface area contributed by atoms with Crippen LogP contribution in [-0.2, 0) is 6.54 Å². The lowest BCUT2D eigenvalue weighted by molar-refractivity contribution is -0.384. The highest BCUT2D eigenvalue weighted by molar-refractivity contribution is 6.33. The summed E-state index contributed by atoms with van der Waals surface area (Å²) in [6, 6.07) is 12.1. The lowest BCUT2D eigenvalue weighted by atomic mass is 10.1. The summed E-state index contributed by atoms with van der Waals surface area (Å²) in [7, 11) is 1.66. The molecule has 1 amide bonds. The molecule has 1 heterocycles. The monoisotopic (exact) mass is 387 g/mol. The van der Waals surface area contributed by atoms with Crippen LogP contribution in [-0.4, -0.2) is 35.9 Å². The van der Waals surface area contributed by atoms with Gasteiger partial charge >= 0.3 is 0 Å². The maximum absolute atomic E-state index is 12.7. The van der Waals surface area contributed by atoms with Crippen molar-refractivity contribution in [1.29, 1.82) is 0 Å². The Kier molecular flexibility index (Phi) is 5.96. The van der Waals surface area contributed by atoms with Gasteiger partial charge < -0.3 is 9.80 Å². The number of piperidine rings is 1. The summed E-state index contributed by atoms with van der Waals surface area (Å²) < 4.78 is 0. The number of hydrogen-bond donors (Lipinski definition) is 0. The predicted molar refractivity (Wildman–Crippen MR) is 106 cm³/mol. The topological polar surface area (TPSA) is 66.7 Å². The third-order valence-electron chi connectivity index (χ3n) is 4.82. The van der Waals surface area contributed by atoms with Crippen LogP contribution in [0.25, 0.3) is 0 Å². The van der Waals surface area contributed by atoms with Crippen LogP contribution in [0.3, 0.4) is 0 Å². The number of hydrogen-bond acceptors (Lipinski definition) is 4. The molecule has 2 aromatic rings. The molecule has 1 aliphatic rings. The van der Waals surface area contributed by atoms with Crippen molar-refractivity contribution in [3.63, 3.8) is 0 Å². The van der Waals surface area contributed by atoms with E-state index in [2.05, 4.69) is 17.0 Å². The van der Waals surface area contributed by atoms with E-state index in [1.54, 1.807) is 7.05 Å². The van der Waals surface area contributed by atoms with E-state index in [1.807, 2.05) is 12.1 Å². The summed E-state index contributed by atoms with van der Waals surface area (Å²) in [5, 5.41) is 11.2. The van der Waals surface area contributed by atoms with Crippen LogP contribution < -0.4 is 4.90 Å². The summed E-state index contributed by atoms with van der Waals surface area (Å²) in [4.78, 5) is 27.0.